The van der Waals surface area contributed by atoms with Crippen LogP contribution in [0.1, 0.15) is 69.4 Å². The topological polar surface area (TPSA) is 46.5 Å². The van der Waals surface area contributed by atoms with E-state index in [1.165, 1.54) is 19.3 Å². The van der Waals surface area contributed by atoms with Gasteiger partial charge in [-0.15, -0.1) is 0 Å². The van der Waals surface area contributed by atoms with Gasteiger partial charge >= 0.3 is 5.97 Å². The second-order valence-corrected chi connectivity index (χ2v) is 6.90. The smallest absolute Gasteiger partial charge is 0.306 e. The molecular formula is C23H30O3. The van der Waals surface area contributed by atoms with Gasteiger partial charge in [-0.25, -0.2) is 0 Å². The first kappa shape index (κ1) is 20.3. The maximum atomic E-state index is 11.4. The Hall–Kier alpha value is -2.05. The van der Waals surface area contributed by atoms with Gasteiger partial charge in [0.1, 0.15) is 12.2 Å². The van der Waals surface area contributed by atoms with E-state index in [1.54, 1.807) is 0 Å². The average molecular weight is 354 g/mol. The molecule has 1 saturated heterocycles. The van der Waals surface area contributed by atoms with Crippen molar-refractivity contribution in [1.82, 2.24) is 0 Å². The molecule has 1 aromatic rings. The van der Waals surface area contributed by atoms with Crippen molar-refractivity contribution in [3.63, 3.8) is 0 Å². The highest BCUT2D eigenvalue weighted by Gasteiger charge is 2.20. The number of benzene rings is 1. The molecule has 2 unspecified atom stereocenters. The van der Waals surface area contributed by atoms with Crippen LogP contribution in [-0.2, 0) is 16.0 Å². The second kappa shape index (κ2) is 11.5. The summed E-state index contributed by atoms with van der Waals surface area (Å²) in [5.74, 6) is 5.86. The number of aliphatic hydroxyl groups excluding tert-OH is 1. The van der Waals surface area contributed by atoms with Crippen LogP contribution >= 0.6 is 0 Å². The van der Waals surface area contributed by atoms with Crippen LogP contribution in [0.25, 0.3) is 0 Å². The predicted molar refractivity (Wildman–Crippen MR) is 105 cm³/mol. The first-order valence-electron chi connectivity index (χ1n) is 9.80. The summed E-state index contributed by atoms with van der Waals surface area (Å²) >= 11 is 0. The van der Waals surface area contributed by atoms with E-state index in [0.717, 1.165) is 36.8 Å². The molecule has 1 N–H and O–H groups in total. The molecule has 140 valence electrons. The van der Waals surface area contributed by atoms with Crippen molar-refractivity contribution in [3.05, 3.63) is 47.5 Å². The summed E-state index contributed by atoms with van der Waals surface area (Å²) in [5, 5.41) is 9.99. The molecule has 3 nitrogen and oxygen atoms in total. The molecule has 1 aliphatic heterocycles. The number of hydrogen-bond acceptors (Lipinski definition) is 3. The average Bonchev–Trinajstić information content (AvgIpc) is 2.63. The zero-order valence-electron chi connectivity index (χ0n) is 15.7. The number of unbranched alkanes of at least 4 members (excludes halogenated alkanes) is 3. The lowest BCUT2D eigenvalue weighted by Gasteiger charge is -2.22. The Labute approximate surface area is 157 Å². The van der Waals surface area contributed by atoms with E-state index in [9.17, 15) is 9.90 Å². The van der Waals surface area contributed by atoms with E-state index in [2.05, 4.69) is 24.8 Å². The zero-order chi connectivity index (χ0) is 18.6. The van der Waals surface area contributed by atoms with Crippen LogP contribution in [0.2, 0.25) is 0 Å². The molecular weight excluding hydrogens is 324 g/mol. The third kappa shape index (κ3) is 7.89. The van der Waals surface area contributed by atoms with E-state index < -0.39 is 6.10 Å². The Bertz CT molecular complexity index is 651. The van der Waals surface area contributed by atoms with E-state index in [1.807, 2.05) is 30.3 Å². The number of carbonyl (C=O) groups excluding carboxylic acids is 1. The molecule has 0 aromatic heterocycles. The standard InChI is InChI=1S/C23H30O3/c1-2-3-4-5-6-7-12-21(24)16-15-19-10-8-11-20(17-19)18-22-13-9-14-23(25)26-22/h6-8,10-11,17,21-22,24H,2-5,9,12-14,18H2,1H3/b7-6+. The number of ether oxygens (including phenoxy) is 1. The summed E-state index contributed by atoms with van der Waals surface area (Å²) in [6, 6.07) is 7.95. The van der Waals surface area contributed by atoms with Crippen LogP contribution < -0.4 is 0 Å². The molecule has 26 heavy (non-hydrogen) atoms. The Morgan fingerprint density at radius 2 is 2.23 bits per heavy atom. The molecule has 1 fully saturated rings. The lowest BCUT2D eigenvalue weighted by atomic mass is 10.00. The maximum Gasteiger partial charge on any atom is 0.306 e. The minimum absolute atomic E-state index is 0.0251. The van der Waals surface area contributed by atoms with Gasteiger partial charge in [-0.3, -0.25) is 4.79 Å². The Balaban J connectivity index is 1.82. The van der Waals surface area contributed by atoms with Gasteiger partial charge in [0.15, 0.2) is 0 Å². The fraction of sp³-hybridized carbons (Fsp3) is 0.522. The highest BCUT2D eigenvalue weighted by atomic mass is 16.5. The molecule has 3 heteroatoms. The SMILES string of the molecule is CCCCC/C=C/CC(O)C#Cc1cccc(CC2CCCC(=O)O2)c1. The van der Waals surface area contributed by atoms with Crippen molar-refractivity contribution in [2.75, 3.05) is 0 Å². The molecule has 0 saturated carbocycles. The van der Waals surface area contributed by atoms with E-state index >= 15 is 0 Å². The maximum absolute atomic E-state index is 11.4. The zero-order valence-corrected chi connectivity index (χ0v) is 15.7. The van der Waals surface area contributed by atoms with Gasteiger partial charge in [0.05, 0.1) is 0 Å². The normalized spacial score (nSPS) is 18.2. The molecule has 0 amide bonds. The van der Waals surface area contributed by atoms with Gasteiger partial charge in [0.2, 0.25) is 0 Å². The van der Waals surface area contributed by atoms with Crippen molar-refractivity contribution in [3.8, 4) is 11.8 Å². The molecule has 2 atom stereocenters. The van der Waals surface area contributed by atoms with Crippen LogP contribution in [0.3, 0.4) is 0 Å². The number of cyclic esters (lactones) is 1. The Morgan fingerprint density at radius 1 is 1.35 bits per heavy atom. The molecule has 0 aliphatic carbocycles. The van der Waals surface area contributed by atoms with Crippen molar-refractivity contribution in [2.45, 2.75) is 76.9 Å². The fourth-order valence-corrected chi connectivity index (χ4v) is 3.04. The van der Waals surface area contributed by atoms with Crippen molar-refractivity contribution in [2.24, 2.45) is 0 Å². The third-order valence-corrected chi connectivity index (χ3v) is 4.48. The van der Waals surface area contributed by atoms with E-state index in [-0.39, 0.29) is 12.1 Å². The van der Waals surface area contributed by atoms with Gasteiger partial charge in [-0.05, 0) is 43.4 Å². The van der Waals surface area contributed by atoms with Gasteiger partial charge in [-0.1, -0.05) is 55.9 Å². The highest BCUT2D eigenvalue weighted by molar-refractivity contribution is 5.70. The summed E-state index contributed by atoms with van der Waals surface area (Å²) in [5.41, 5.74) is 2.00. The first-order chi connectivity index (χ1) is 12.7. The van der Waals surface area contributed by atoms with Crippen LogP contribution in [0.5, 0.6) is 0 Å². The summed E-state index contributed by atoms with van der Waals surface area (Å²) in [7, 11) is 0. The van der Waals surface area contributed by atoms with Gasteiger partial charge < -0.3 is 9.84 Å². The van der Waals surface area contributed by atoms with Gasteiger partial charge in [0, 0.05) is 24.8 Å². The predicted octanol–water partition coefficient (Wildman–Crippen LogP) is 4.56. The number of allylic oxidation sites excluding steroid dienone is 1. The summed E-state index contributed by atoms with van der Waals surface area (Å²) < 4.78 is 5.39. The summed E-state index contributed by atoms with van der Waals surface area (Å²) in [6.07, 6.45) is 11.9. The van der Waals surface area contributed by atoms with Crippen molar-refractivity contribution >= 4 is 5.97 Å². The van der Waals surface area contributed by atoms with Crippen LogP contribution in [0, 0.1) is 11.8 Å². The minimum atomic E-state index is -0.639. The fourth-order valence-electron chi connectivity index (χ4n) is 3.04. The third-order valence-electron chi connectivity index (χ3n) is 4.48. The van der Waals surface area contributed by atoms with Crippen molar-refractivity contribution < 1.29 is 14.6 Å². The molecule has 0 spiro atoms. The minimum Gasteiger partial charge on any atom is -0.462 e. The lowest BCUT2D eigenvalue weighted by molar-refractivity contribution is -0.153. The second-order valence-electron chi connectivity index (χ2n) is 6.90. The number of aliphatic hydroxyl groups is 1. The number of hydrogen-bond donors (Lipinski definition) is 1. The number of carbonyl (C=O) groups is 1. The van der Waals surface area contributed by atoms with Crippen molar-refractivity contribution in [1.29, 1.82) is 0 Å². The van der Waals surface area contributed by atoms with Gasteiger partial charge in [0.25, 0.3) is 0 Å². The molecule has 2 rings (SSSR count). The molecule has 1 heterocycles. The molecule has 0 bridgehead atoms. The van der Waals surface area contributed by atoms with E-state index in [0.29, 0.717) is 12.8 Å². The van der Waals surface area contributed by atoms with E-state index in [4.69, 9.17) is 4.74 Å². The van der Waals surface area contributed by atoms with Crippen LogP contribution in [-0.4, -0.2) is 23.3 Å². The first-order valence-corrected chi connectivity index (χ1v) is 9.80. The lowest BCUT2D eigenvalue weighted by Crippen LogP contribution is -2.25. The Morgan fingerprint density at radius 3 is 3.04 bits per heavy atom. The largest absolute Gasteiger partial charge is 0.462 e. The summed E-state index contributed by atoms with van der Waals surface area (Å²) in [6.45, 7) is 2.19. The number of esters is 1. The Kier molecular flexibility index (Phi) is 9.00. The molecule has 0 radical (unpaired) electrons. The highest BCUT2D eigenvalue weighted by Crippen LogP contribution is 2.18. The van der Waals surface area contributed by atoms with Gasteiger partial charge in [-0.2, -0.15) is 0 Å². The quantitative estimate of drug-likeness (QED) is 0.322. The monoisotopic (exact) mass is 354 g/mol. The summed E-state index contributed by atoms with van der Waals surface area (Å²) in [4.78, 5) is 11.4. The van der Waals surface area contributed by atoms with Crippen LogP contribution in [0.15, 0.2) is 36.4 Å². The molecule has 1 aromatic carbocycles. The molecule has 1 aliphatic rings. The number of rotatable bonds is 8. The van der Waals surface area contributed by atoms with Crippen LogP contribution in [0.4, 0.5) is 0 Å².